The van der Waals surface area contributed by atoms with Crippen molar-refractivity contribution in [3.8, 4) is 0 Å². The zero-order chi connectivity index (χ0) is 18.1. The molecule has 2 aliphatic rings. The van der Waals surface area contributed by atoms with Gasteiger partial charge >= 0.3 is 0 Å². The van der Waals surface area contributed by atoms with Crippen LogP contribution in [0.25, 0.3) is 11.0 Å². The summed E-state index contributed by atoms with van der Waals surface area (Å²) in [4.78, 5) is 17.7. The third kappa shape index (κ3) is 2.10. The van der Waals surface area contributed by atoms with Gasteiger partial charge in [0.25, 0.3) is 5.91 Å². The molecule has 2 aromatic heterocycles. The van der Waals surface area contributed by atoms with Crippen molar-refractivity contribution in [1.82, 2.24) is 20.1 Å². The van der Waals surface area contributed by atoms with Crippen molar-refractivity contribution in [2.24, 2.45) is 23.8 Å². The number of pyridine rings is 1. The lowest BCUT2D eigenvalue weighted by Gasteiger charge is -2.39. The number of aryl methyl sites for hydroxylation is 3. The van der Waals surface area contributed by atoms with Crippen molar-refractivity contribution >= 4 is 16.9 Å². The van der Waals surface area contributed by atoms with Crippen molar-refractivity contribution < 1.29 is 4.79 Å². The maximum Gasteiger partial charge on any atom is 0.252 e. The van der Waals surface area contributed by atoms with Gasteiger partial charge in [0, 0.05) is 18.8 Å². The summed E-state index contributed by atoms with van der Waals surface area (Å²) < 4.78 is 1.76. The Balaban J connectivity index is 1.71. The van der Waals surface area contributed by atoms with E-state index < -0.39 is 0 Å². The van der Waals surface area contributed by atoms with E-state index in [4.69, 9.17) is 0 Å². The molecule has 0 spiro atoms. The topological polar surface area (TPSA) is 59.8 Å². The van der Waals surface area contributed by atoms with Gasteiger partial charge in [-0.25, -0.2) is 4.98 Å². The molecule has 0 radical (unpaired) electrons. The summed E-state index contributed by atoms with van der Waals surface area (Å²) in [7, 11) is 1.88. The van der Waals surface area contributed by atoms with Gasteiger partial charge in [-0.15, -0.1) is 0 Å². The minimum absolute atomic E-state index is 0.0150. The van der Waals surface area contributed by atoms with Crippen LogP contribution in [0, 0.1) is 30.6 Å². The van der Waals surface area contributed by atoms with E-state index in [-0.39, 0.29) is 17.4 Å². The molecule has 2 fully saturated rings. The second kappa shape index (κ2) is 5.05. The Hall–Kier alpha value is -1.91. The van der Waals surface area contributed by atoms with Gasteiger partial charge in [0.2, 0.25) is 0 Å². The Bertz CT molecular complexity index is 881. The van der Waals surface area contributed by atoms with Crippen LogP contribution in [-0.2, 0) is 7.05 Å². The lowest BCUT2D eigenvalue weighted by molar-refractivity contribution is 0.0827. The Morgan fingerprint density at radius 3 is 2.64 bits per heavy atom. The molecule has 3 atom stereocenters. The van der Waals surface area contributed by atoms with E-state index in [2.05, 4.69) is 36.2 Å². The Morgan fingerprint density at radius 2 is 2.04 bits per heavy atom. The van der Waals surface area contributed by atoms with Crippen LogP contribution < -0.4 is 5.32 Å². The number of nitrogens with zero attached hydrogens (tertiary/aromatic N) is 3. The normalized spacial score (nSPS) is 30.2. The highest BCUT2D eigenvalue weighted by atomic mass is 16.1. The summed E-state index contributed by atoms with van der Waals surface area (Å²) in [6.07, 6.45) is 3.58. The van der Waals surface area contributed by atoms with Gasteiger partial charge in [-0.3, -0.25) is 9.48 Å². The SMILES string of the molecule is Cc1cc(C(=O)NC2CC3CCC2(C)C3(C)C)c2c(C)nn(C)c2n1. The van der Waals surface area contributed by atoms with Crippen LogP contribution in [-0.4, -0.2) is 26.7 Å². The fourth-order valence-electron chi connectivity index (χ4n) is 5.41. The number of carbonyl (C=O) groups excluding carboxylic acids is 1. The molecular weight excluding hydrogens is 312 g/mol. The number of hydrogen-bond donors (Lipinski definition) is 1. The minimum Gasteiger partial charge on any atom is -0.349 e. The molecule has 2 aliphatic carbocycles. The van der Waals surface area contributed by atoms with Crippen LogP contribution >= 0.6 is 0 Å². The first-order valence-corrected chi connectivity index (χ1v) is 9.27. The van der Waals surface area contributed by atoms with Crippen LogP contribution in [0.3, 0.4) is 0 Å². The first kappa shape index (κ1) is 16.6. The van der Waals surface area contributed by atoms with Gasteiger partial charge in [-0.2, -0.15) is 5.10 Å². The van der Waals surface area contributed by atoms with Crippen molar-refractivity contribution in [2.45, 2.75) is 59.9 Å². The molecule has 3 unspecified atom stereocenters. The molecule has 0 aromatic carbocycles. The highest BCUT2D eigenvalue weighted by Crippen LogP contribution is 2.65. The van der Waals surface area contributed by atoms with Crippen molar-refractivity contribution in [3.05, 3.63) is 23.0 Å². The molecule has 2 heterocycles. The van der Waals surface area contributed by atoms with E-state index in [0.29, 0.717) is 16.9 Å². The number of rotatable bonds is 2. The van der Waals surface area contributed by atoms with E-state index in [1.54, 1.807) is 4.68 Å². The van der Waals surface area contributed by atoms with E-state index in [1.165, 1.54) is 12.8 Å². The molecule has 2 aromatic rings. The molecule has 134 valence electrons. The first-order chi connectivity index (χ1) is 11.6. The quantitative estimate of drug-likeness (QED) is 0.910. The lowest BCUT2D eigenvalue weighted by atomic mass is 9.69. The number of fused-ring (bicyclic) bond motifs is 3. The zero-order valence-corrected chi connectivity index (χ0v) is 16.1. The molecule has 2 bridgehead atoms. The summed E-state index contributed by atoms with van der Waals surface area (Å²) in [6, 6.07) is 2.14. The summed E-state index contributed by atoms with van der Waals surface area (Å²) in [5.41, 5.74) is 3.66. The smallest absolute Gasteiger partial charge is 0.252 e. The second-order valence-corrected chi connectivity index (χ2v) is 8.86. The fourth-order valence-corrected chi connectivity index (χ4v) is 5.41. The Morgan fingerprint density at radius 1 is 1.32 bits per heavy atom. The maximum atomic E-state index is 13.2. The van der Waals surface area contributed by atoms with E-state index >= 15 is 0 Å². The first-order valence-electron chi connectivity index (χ1n) is 9.27. The number of carbonyl (C=O) groups is 1. The van der Waals surface area contributed by atoms with Crippen LogP contribution in [0.1, 0.15) is 61.8 Å². The molecule has 0 aliphatic heterocycles. The molecular formula is C20H28N4O. The molecule has 1 N–H and O–H groups in total. The standard InChI is InChI=1S/C20H28N4O/c1-11-9-14(16-12(2)23-24(6)17(16)21-11)18(25)22-15-10-13-7-8-20(15,5)19(13,3)4/h9,13,15H,7-8,10H2,1-6H3,(H,22,25). The third-order valence-electron chi connectivity index (χ3n) is 7.44. The molecule has 4 rings (SSSR count). The van der Waals surface area contributed by atoms with Gasteiger partial charge in [-0.05, 0) is 55.9 Å². The van der Waals surface area contributed by atoms with Crippen LogP contribution in [0.4, 0.5) is 0 Å². The Labute approximate surface area is 149 Å². The fraction of sp³-hybridized carbons (Fsp3) is 0.650. The summed E-state index contributed by atoms with van der Waals surface area (Å²) in [5, 5.41) is 8.70. The van der Waals surface area contributed by atoms with Gasteiger partial charge in [0.1, 0.15) is 0 Å². The molecule has 2 saturated carbocycles. The van der Waals surface area contributed by atoms with Gasteiger partial charge < -0.3 is 5.32 Å². The van der Waals surface area contributed by atoms with E-state index in [0.717, 1.165) is 28.8 Å². The number of aromatic nitrogens is 3. The maximum absolute atomic E-state index is 13.2. The van der Waals surface area contributed by atoms with Crippen LogP contribution in [0.5, 0.6) is 0 Å². The average Bonchev–Trinajstić information content (AvgIpc) is 3.01. The number of amides is 1. The monoisotopic (exact) mass is 340 g/mol. The molecule has 5 nitrogen and oxygen atoms in total. The van der Waals surface area contributed by atoms with Crippen LogP contribution in [0.15, 0.2) is 6.07 Å². The van der Waals surface area contributed by atoms with Gasteiger partial charge in [-0.1, -0.05) is 20.8 Å². The van der Waals surface area contributed by atoms with Crippen molar-refractivity contribution in [2.75, 3.05) is 0 Å². The minimum atomic E-state index is 0.0150. The van der Waals surface area contributed by atoms with Crippen molar-refractivity contribution in [3.63, 3.8) is 0 Å². The summed E-state index contributed by atoms with van der Waals surface area (Å²) in [5.74, 6) is 0.725. The average molecular weight is 340 g/mol. The molecule has 5 heteroatoms. The van der Waals surface area contributed by atoms with E-state index in [1.807, 2.05) is 27.0 Å². The highest BCUT2D eigenvalue weighted by molar-refractivity contribution is 6.06. The number of hydrogen-bond acceptors (Lipinski definition) is 3. The van der Waals surface area contributed by atoms with Gasteiger partial charge in [0.15, 0.2) is 5.65 Å². The summed E-state index contributed by atoms with van der Waals surface area (Å²) >= 11 is 0. The summed E-state index contributed by atoms with van der Waals surface area (Å²) in [6.45, 7) is 11.0. The predicted molar refractivity (Wildman–Crippen MR) is 98.5 cm³/mol. The number of nitrogens with one attached hydrogen (secondary N) is 1. The second-order valence-electron chi connectivity index (χ2n) is 8.86. The largest absolute Gasteiger partial charge is 0.349 e. The van der Waals surface area contributed by atoms with Crippen LogP contribution in [0.2, 0.25) is 0 Å². The Kier molecular flexibility index (Phi) is 3.35. The highest BCUT2D eigenvalue weighted by Gasteiger charge is 2.61. The predicted octanol–water partition coefficient (Wildman–Crippen LogP) is 3.53. The van der Waals surface area contributed by atoms with E-state index in [9.17, 15) is 4.79 Å². The third-order valence-corrected chi connectivity index (χ3v) is 7.44. The molecule has 25 heavy (non-hydrogen) atoms. The van der Waals surface area contributed by atoms with Crippen molar-refractivity contribution in [1.29, 1.82) is 0 Å². The molecule has 1 amide bonds. The van der Waals surface area contributed by atoms with Gasteiger partial charge in [0.05, 0.1) is 16.6 Å². The lowest BCUT2D eigenvalue weighted by Crippen LogP contribution is -2.46. The zero-order valence-electron chi connectivity index (χ0n) is 16.1. The molecule has 0 saturated heterocycles.